The highest BCUT2D eigenvalue weighted by Gasteiger charge is 2.25. The lowest BCUT2D eigenvalue weighted by Crippen LogP contribution is -2.45. The van der Waals surface area contributed by atoms with E-state index >= 15 is 0 Å². The second-order valence-electron chi connectivity index (χ2n) is 6.97. The van der Waals surface area contributed by atoms with Crippen LogP contribution >= 0.6 is 11.8 Å². The van der Waals surface area contributed by atoms with Crippen molar-refractivity contribution in [1.29, 1.82) is 0 Å². The second-order valence-corrected chi connectivity index (χ2v) is 7.95. The molecule has 3 rings (SSSR count). The van der Waals surface area contributed by atoms with Gasteiger partial charge in [-0.1, -0.05) is 6.07 Å². The molecular formula is C19H28N4O2S. The number of carbonyl (C=O) groups is 2. The van der Waals surface area contributed by atoms with Crippen molar-refractivity contribution < 1.29 is 9.59 Å². The molecule has 0 unspecified atom stereocenters. The number of rotatable bonds is 6. The highest BCUT2D eigenvalue weighted by Crippen LogP contribution is 2.23. The first kappa shape index (κ1) is 19.0. The fourth-order valence-electron chi connectivity index (χ4n) is 3.53. The van der Waals surface area contributed by atoms with E-state index in [-0.39, 0.29) is 18.0 Å². The van der Waals surface area contributed by atoms with Gasteiger partial charge < -0.3 is 15.5 Å². The molecule has 2 fully saturated rings. The minimum atomic E-state index is -0.0942. The van der Waals surface area contributed by atoms with Crippen LogP contribution < -0.4 is 15.5 Å². The van der Waals surface area contributed by atoms with Gasteiger partial charge in [0.05, 0.1) is 0 Å². The van der Waals surface area contributed by atoms with Gasteiger partial charge in [0.1, 0.15) is 0 Å². The van der Waals surface area contributed by atoms with Gasteiger partial charge in [0.2, 0.25) is 0 Å². The number of anilines is 1. The molecule has 1 aromatic rings. The molecule has 0 aliphatic carbocycles. The van der Waals surface area contributed by atoms with Crippen LogP contribution in [0.2, 0.25) is 0 Å². The molecule has 0 spiro atoms. The van der Waals surface area contributed by atoms with Gasteiger partial charge in [-0.25, -0.2) is 4.79 Å². The molecule has 7 heteroatoms. The van der Waals surface area contributed by atoms with Gasteiger partial charge in [0.25, 0.3) is 5.91 Å². The molecule has 2 saturated heterocycles. The molecule has 2 aliphatic rings. The second kappa shape index (κ2) is 8.77. The maximum Gasteiger partial charge on any atom is 0.322 e. The molecule has 2 heterocycles. The number of hydrogen-bond donors (Lipinski definition) is 2. The van der Waals surface area contributed by atoms with Crippen molar-refractivity contribution in [3.05, 3.63) is 29.3 Å². The van der Waals surface area contributed by atoms with Crippen molar-refractivity contribution in [1.82, 2.24) is 15.5 Å². The molecule has 0 radical (unpaired) electrons. The van der Waals surface area contributed by atoms with E-state index in [1.807, 2.05) is 36.9 Å². The smallest absolute Gasteiger partial charge is 0.322 e. The molecule has 1 aromatic carbocycles. The van der Waals surface area contributed by atoms with E-state index in [1.54, 1.807) is 4.90 Å². The number of hydrogen-bond acceptors (Lipinski definition) is 4. The number of thioether (sulfide) groups is 1. The van der Waals surface area contributed by atoms with Crippen molar-refractivity contribution in [2.45, 2.75) is 25.8 Å². The Morgan fingerprint density at radius 2 is 2.08 bits per heavy atom. The molecule has 2 N–H and O–H groups in total. The van der Waals surface area contributed by atoms with E-state index in [0.29, 0.717) is 18.7 Å². The Morgan fingerprint density at radius 1 is 1.31 bits per heavy atom. The first-order valence-corrected chi connectivity index (χ1v) is 10.7. The van der Waals surface area contributed by atoms with E-state index < -0.39 is 0 Å². The fourth-order valence-corrected chi connectivity index (χ4v) is 3.97. The molecule has 0 bridgehead atoms. The lowest BCUT2D eigenvalue weighted by atomic mass is 10.0. The molecule has 26 heavy (non-hydrogen) atoms. The normalized spacial score (nSPS) is 18.8. The van der Waals surface area contributed by atoms with Crippen LogP contribution in [0.15, 0.2) is 18.2 Å². The van der Waals surface area contributed by atoms with Gasteiger partial charge >= 0.3 is 6.03 Å². The van der Waals surface area contributed by atoms with E-state index in [0.717, 1.165) is 49.5 Å². The van der Waals surface area contributed by atoms with Crippen molar-refractivity contribution >= 4 is 29.4 Å². The maximum absolute atomic E-state index is 12.7. The van der Waals surface area contributed by atoms with Crippen LogP contribution in [-0.4, -0.2) is 67.6 Å². The first-order chi connectivity index (χ1) is 12.6. The molecule has 142 valence electrons. The van der Waals surface area contributed by atoms with E-state index in [9.17, 15) is 9.59 Å². The summed E-state index contributed by atoms with van der Waals surface area (Å²) in [6.07, 6.45) is 4.12. The Labute approximate surface area is 159 Å². The minimum Gasteiger partial charge on any atom is -0.349 e. The number of aryl methyl sites for hydroxylation is 1. The van der Waals surface area contributed by atoms with E-state index in [1.165, 1.54) is 0 Å². The molecule has 0 saturated carbocycles. The lowest BCUT2D eigenvalue weighted by Gasteiger charge is -2.32. The largest absolute Gasteiger partial charge is 0.349 e. The summed E-state index contributed by atoms with van der Waals surface area (Å²) in [4.78, 5) is 28.8. The van der Waals surface area contributed by atoms with Crippen LogP contribution in [0.4, 0.5) is 10.5 Å². The van der Waals surface area contributed by atoms with Gasteiger partial charge in [-0.2, -0.15) is 11.8 Å². The third-order valence-electron chi connectivity index (χ3n) is 5.15. The number of benzene rings is 1. The molecule has 6 nitrogen and oxygen atoms in total. The topological polar surface area (TPSA) is 64.7 Å². The van der Waals surface area contributed by atoms with Crippen molar-refractivity contribution in [2.75, 3.05) is 49.6 Å². The number of carbonyl (C=O) groups excluding carboxylic acids is 2. The summed E-state index contributed by atoms with van der Waals surface area (Å²) in [5.41, 5.74) is 2.44. The Bertz CT molecular complexity index is 659. The Kier molecular flexibility index (Phi) is 6.43. The number of nitrogens with one attached hydrogen (secondary N) is 2. The third-order valence-corrected chi connectivity index (χ3v) is 5.74. The Morgan fingerprint density at radius 3 is 2.73 bits per heavy atom. The number of piperidine rings is 1. The summed E-state index contributed by atoms with van der Waals surface area (Å²) in [5.74, 6) is 1.11. The zero-order valence-corrected chi connectivity index (χ0v) is 16.4. The van der Waals surface area contributed by atoms with Crippen LogP contribution in [0.3, 0.4) is 0 Å². The van der Waals surface area contributed by atoms with E-state index in [4.69, 9.17) is 0 Å². The van der Waals surface area contributed by atoms with Gasteiger partial charge in [-0.15, -0.1) is 0 Å². The quantitative estimate of drug-likeness (QED) is 0.798. The number of urea groups is 1. The van der Waals surface area contributed by atoms with Crippen molar-refractivity contribution in [3.8, 4) is 0 Å². The van der Waals surface area contributed by atoms with Gasteiger partial charge in [-0.05, 0) is 43.7 Å². The van der Waals surface area contributed by atoms with Gasteiger partial charge in [0.15, 0.2) is 0 Å². The Hall–Kier alpha value is -1.73. The lowest BCUT2D eigenvalue weighted by molar-refractivity contribution is 0.0913. The minimum absolute atomic E-state index is 0.0478. The molecule has 3 amide bonds. The van der Waals surface area contributed by atoms with Gasteiger partial charge in [-0.3, -0.25) is 9.69 Å². The number of amides is 3. The first-order valence-electron chi connectivity index (χ1n) is 9.26. The number of likely N-dealkylation sites (tertiary alicyclic amines) is 1. The summed E-state index contributed by atoms with van der Waals surface area (Å²) >= 11 is 1.87. The molecule has 0 atom stereocenters. The van der Waals surface area contributed by atoms with Crippen LogP contribution in [0.25, 0.3) is 0 Å². The monoisotopic (exact) mass is 376 g/mol. The van der Waals surface area contributed by atoms with Crippen molar-refractivity contribution in [2.24, 2.45) is 0 Å². The van der Waals surface area contributed by atoms with Crippen LogP contribution in [0.5, 0.6) is 0 Å². The molecular weight excluding hydrogens is 348 g/mol. The molecule has 2 aliphatic heterocycles. The predicted octanol–water partition coefficient (Wildman–Crippen LogP) is 2.08. The van der Waals surface area contributed by atoms with Crippen LogP contribution in [0.1, 0.15) is 28.8 Å². The maximum atomic E-state index is 12.7. The summed E-state index contributed by atoms with van der Waals surface area (Å²) in [7, 11) is 0. The Balaban J connectivity index is 1.59. The average Bonchev–Trinajstić information content (AvgIpc) is 3.07. The summed E-state index contributed by atoms with van der Waals surface area (Å²) in [6, 6.07) is 5.73. The third kappa shape index (κ3) is 4.51. The van der Waals surface area contributed by atoms with Gasteiger partial charge in [0, 0.05) is 55.8 Å². The zero-order chi connectivity index (χ0) is 18.5. The van der Waals surface area contributed by atoms with Crippen molar-refractivity contribution in [3.63, 3.8) is 0 Å². The predicted molar refractivity (Wildman–Crippen MR) is 107 cm³/mol. The van der Waals surface area contributed by atoms with E-state index in [2.05, 4.69) is 21.8 Å². The highest BCUT2D eigenvalue weighted by molar-refractivity contribution is 7.98. The summed E-state index contributed by atoms with van der Waals surface area (Å²) in [6.45, 7) is 6.45. The SMILES string of the molecule is CSCCN1CCC(NC(=O)c2ccc(C)c(N3CCNC3=O)c2)CC1. The molecule has 0 aromatic heterocycles. The number of nitrogens with zero attached hydrogens (tertiary/aromatic N) is 2. The standard InChI is InChI=1S/C19H28N4O2S/c1-14-3-4-15(13-17(14)23-10-7-20-19(23)25)18(24)21-16-5-8-22(9-6-16)11-12-26-2/h3-4,13,16H,5-12H2,1-2H3,(H,20,25)(H,21,24). The summed E-state index contributed by atoms with van der Waals surface area (Å²) in [5, 5.41) is 5.98. The van der Waals surface area contributed by atoms with Crippen LogP contribution in [0, 0.1) is 6.92 Å². The zero-order valence-electron chi connectivity index (χ0n) is 15.6. The highest BCUT2D eigenvalue weighted by atomic mass is 32.2. The van der Waals surface area contributed by atoms with Crippen LogP contribution in [-0.2, 0) is 0 Å². The summed E-state index contributed by atoms with van der Waals surface area (Å²) < 4.78 is 0. The average molecular weight is 377 g/mol. The fraction of sp³-hybridized carbons (Fsp3) is 0.579.